The molecule has 1 aliphatic heterocycles. The maximum Gasteiger partial charge on any atom is 0.355 e. The van der Waals surface area contributed by atoms with Gasteiger partial charge in [-0.05, 0) is 60.8 Å². The lowest BCUT2D eigenvalue weighted by molar-refractivity contribution is 0.0775. The molecule has 2 amide bonds. The minimum atomic E-state index is -3.65. The number of hydrogen-bond donors (Lipinski definition) is 2. The minimum Gasteiger partial charge on any atom is -0.477 e. The van der Waals surface area contributed by atoms with Crippen LogP contribution in [0.25, 0.3) is 0 Å². The maximum atomic E-state index is 13.7. The molecule has 5 rings (SSSR count). The number of carbonyl (C=O) groups is 1. The van der Waals surface area contributed by atoms with Crippen molar-refractivity contribution in [2.24, 2.45) is 4.36 Å². The van der Waals surface area contributed by atoms with Crippen molar-refractivity contribution in [2.75, 3.05) is 19.0 Å². The van der Waals surface area contributed by atoms with Crippen molar-refractivity contribution in [1.82, 2.24) is 14.5 Å². The molecule has 1 aromatic carbocycles. The zero-order valence-corrected chi connectivity index (χ0v) is 19.2. The summed E-state index contributed by atoms with van der Waals surface area (Å²) >= 11 is 0. The van der Waals surface area contributed by atoms with E-state index in [-0.39, 0.29) is 16.9 Å². The van der Waals surface area contributed by atoms with Gasteiger partial charge in [0.1, 0.15) is 0 Å². The van der Waals surface area contributed by atoms with E-state index in [0.717, 1.165) is 55.3 Å². The Morgan fingerprint density at radius 3 is 2.70 bits per heavy atom. The van der Waals surface area contributed by atoms with Crippen molar-refractivity contribution in [3.05, 3.63) is 34.5 Å². The molecule has 2 N–H and O–H groups in total. The highest BCUT2D eigenvalue weighted by atomic mass is 32.2. The lowest BCUT2D eigenvalue weighted by Crippen LogP contribution is -2.22. The van der Waals surface area contributed by atoms with Gasteiger partial charge < -0.3 is 14.8 Å². The Bertz CT molecular complexity index is 1240. The quantitative estimate of drug-likeness (QED) is 0.522. The highest BCUT2D eigenvalue weighted by Crippen LogP contribution is 2.39. The lowest BCUT2D eigenvalue weighted by Gasteiger charge is -2.15. The lowest BCUT2D eigenvalue weighted by atomic mass is 9.99. The third-order valence-electron chi connectivity index (χ3n) is 6.55. The van der Waals surface area contributed by atoms with Crippen LogP contribution in [0.4, 0.5) is 10.5 Å². The number of nitriles is 1. The third kappa shape index (κ3) is 3.94. The highest BCUT2D eigenvalue weighted by Gasteiger charge is 2.29. The molecule has 0 bridgehead atoms. The molecule has 33 heavy (non-hydrogen) atoms. The molecular formula is C22H26N6O4S. The van der Waals surface area contributed by atoms with E-state index in [1.165, 1.54) is 22.0 Å². The molecule has 3 aliphatic rings. The number of hydrogen-bond acceptors (Lipinski definition) is 6. The van der Waals surface area contributed by atoms with Crippen LogP contribution in [0.15, 0.2) is 21.5 Å². The summed E-state index contributed by atoms with van der Waals surface area (Å²) in [5.41, 5.74) is 5.63. The molecule has 0 saturated heterocycles. The molecule has 2 atom stereocenters. The maximum absolute atomic E-state index is 13.7. The Hall–Kier alpha value is -3.10. The van der Waals surface area contributed by atoms with E-state index in [0.29, 0.717) is 19.6 Å². The Kier molecular flexibility index (Phi) is 5.72. The fourth-order valence-electron chi connectivity index (χ4n) is 4.99. The van der Waals surface area contributed by atoms with Gasteiger partial charge in [0.15, 0.2) is 21.0 Å². The first kappa shape index (κ1) is 21.7. The minimum absolute atomic E-state index is 0.0690. The number of nitrogens with one attached hydrogen (secondary N) is 2. The summed E-state index contributed by atoms with van der Waals surface area (Å²) in [6, 6.07) is 1.51. The Morgan fingerprint density at radius 2 is 2.03 bits per heavy atom. The van der Waals surface area contributed by atoms with E-state index >= 15 is 0 Å². The number of methoxy groups -OCH3 is 1. The van der Waals surface area contributed by atoms with Crippen LogP contribution in [0.1, 0.15) is 41.5 Å². The Balaban J connectivity index is 1.51. The van der Waals surface area contributed by atoms with Crippen molar-refractivity contribution in [1.29, 1.82) is 5.26 Å². The normalized spacial score (nSPS) is 20.3. The molecule has 2 aliphatic carbocycles. The Labute approximate surface area is 192 Å². The molecule has 174 valence electrons. The summed E-state index contributed by atoms with van der Waals surface area (Å²) in [5.74, 6) is 0.223. The van der Waals surface area contributed by atoms with Crippen LogP contribution in [-0.4, -0.2) is 39.8 Å². The molecule has 0 saturated carbocycles. The van der Waals surface area contributed by atoms with Crippen LogP contribution in [0.2, 0.25) is 0 Å². The number of aromatic nitrogens is 2. The SMILES string of the molecule is CO[C@H]1CCOc2c([S@@](=O)(=NC(=O)Nc3c4c(cc5c3CCC5)CCC4)NC#N)cnn2C1. The molecule has 0 fully saturated rings. The number of carbonyl (C=O) groups excluding carboxylic acids is 1. The molecule has 0 radical (unpaired) electrons. The molecule has 0 spiro atoms. The summed E-state index contributed by atoms with van der Waals surface area (Å²) in [4.78, 5) is 13.1. The zero-order valence-electron chi connectivity index (χ0n) is 18.4. The second-order valence-corrected chi connectivity index (χ2v) is 10.4. The van der Waals surface area contributed by atoms with E-state index in [1.807, 2.05) is 0 Å². The second kappa shape index (κ2) is 8.68. The van der Waals surface area contributed by atoms with Crippen LogP contribution < -0.4 is 14.8 Å². The van der Waals surface area contributed by atoms with E-state index in [1.54, 1.807) is 13.3 Å². The fraction of sp³-hybridized carbons (Fsp3) is 0.500. The van der Waals surface area contributed by atoms with Crippen LogP contribution in [-0.2, 0) is 46.9 Å². The summed E-state index contributed by atoms with van der Waals surface area (Å²) < 4.78 is 32.6. The van der Waals surface area contributed by atoms with Gasteiger partial charge in [0.05, 0.1) is 25.5 Å². The first-order valence-electron chi connectivity index (χ1n) is 11.1. The van der Waals surface area contributed by atoms with Gasteiger partial charge in [-0.3, -0.25) is 0 Å². The molecule has 0 unspecified atom stereocenters. The number of fused-ring (bicyclic) bond motifs is 3. The predicted molar refractivity (Wildman–Crippen MR) is 120 cm³/mol. The summed E-state index contributed by atoms with van der Waals surface area (Å²) in [6.45, 7) is 0.732. The van der Waals surface area contributed by atoms with Gasteiger partial charge in [-0.2, -0.15) is 10.4 Å². The summed E-state index contributed by atoms with van der Waals surface area (Å²) in [5, 5.41) is 16.4. The van der Waals surface area contributed by atoms with Crippen molar-refractivity contribution >= 4 is 21.6 Å². The first-order chi connectivity index (χ1) is 16.0. The third-order valence-corrected chi connectivity index (χ3v) is 8.21. The second-order valence-electron chi connectivity index (χ2n) is 8.49. The standard InChI is InChI=1S/C22H26N6O4S/c1-31-16-8-9-32-21-19(11-24-28(21)12-16)33(30,25-13-23)27-22(29)26-20-17-6-2-4-14(17)10-15-5-3-7-18(15)20/h10-11,16H,2-9,12H2,1H3,(H2,25,26,27,29,30)/t16-,33-/m0/s1. The predicted octanol–water partition coefficient (Wildman–Crippen LogP) is 2.70. The van der Waals surface area contributed by atoms with Gasteiger partial charge in [-0.1, -0.05) is 6.07 Å². The number of ether oxygens (including phenoxy) is 2. The molecule has 1 aromatic heterocycles. The molecule has 11 heteroatoms. The molecular weight excluding hydrogens is 444 g/mol. The van der Waals surface area contributed by atoms with Crippen LogP contribution in [0.3, 0.4) is 0 Å². The van der Waals surface area contributed by atoms with E-state index in [9.17, 15) is 14.3 Å². The van der Waals surface area contributed by atoms with Gasteiger partial charge in [0.2, 0.25) is 5.88 Å². The number of nitrogens with zero attached hydrogens (tertiary/aromatic N) is 4. The van der Waals surface area contributed by atoms with Crippen molar-refractivity contribution in [3.63, 3.8) is 0 Å². The molecule has 2 heterocycles. The van der Waals surface area contributed by atoms with Crippen molar-refractivity contribution in [2.45, 2.75) is 62.5 Å². The molecule has 10 nitrogen and oxygen atoms in total. The number of anilines is 1. The van der Waals surface area contributed by atoms with E-state index in [2.05, 4.69) is 25.6 Å². The number of urea groups is 1. The van der Waals surface area contributed by atoms with Crippen molar-refractivity contribution in [3.8, 4) is 12.1 Å². The van der Waals surface area contributed by atoms with Gasteiger partial charge in [0.25, 0.3) is 0 Å². The topological polar surface area (TPSA) is 131 Å². The van der Waals surface area contributed by atoms with Gasteiger partial charge in [-0.25, -0.2) is 18.4 Å². The van der Waals surface area contributed by atoms with Gasteiger partial charge in [0, 0.05) is 19.2 Å². The monoisotopic (exact) mass is 470 g/mol. The number of rotatable bonds is 4. The average molecular weight is 471 g/mol. The molecule has 2 aromatic rings. The number of benzene rings is 1. The highest BCUT2D eigenvalue weighted by molar-refractivity contribution is 7.92. The van der Waals surface area contributed by atoms with Gasteiger partial charge in [-0.15, -0.1) is 4.36 Å². The number of aryl methyl sites for hydroxylation is 2. The van der Waals surface area contributed by atoms with Crippen LogP contribution in [0.5, 0.6) is 5.88 Å². The summed E-state index contributed by atoms with van der Waals surface area (Å²) in [6.07, 6.45) is 9.42. The zero-order chi connectivity index (χ0) is 23.0. The van der Waals surface area contributed by atoms with E-state index < -0.39 is 15.9 Å². The smallest absolute Gasteiger partial charge is 0.355 e. The van der Waals surface area contributed by atoms with Crippen LogP contribution in [0, 0.1) is 11.5 Å². The Morgan fingerprint density at radius 1 is 1.30 bits per heavy atom. The average Bonchev–Trinajstić information content (AvgIpc) is 3.51. The van der Waals surface area contributed by atoms with Crippen molar-refractivity contribution < 1.29 is 18.5 Å². The van der Waals surface area contributed by atoms with Crippen LogP contribution >= 0.6 is 0 Å². The van der Waals surface area contributed by atoms with Gasteiger partial charge >= 0.3 is 6.03 Å². The van der Waals surface area contributed by atoms with E-state index in [4.69, 9.17) is 9.47 Å². The number of amides is 2. The first-order valence-corrected chi connectivity index (χ1v) is 12.7. The fourth-order valence-corrected chi connectivity index (χ4v) is 6.24. The largest absolute Gasteiger partial charge is 0.477 e. The summed E-state index contributed by atoms with van der Waals surface area (Å²) in [7, 11) is -2.04.